The Morgan fingerprint density at radius 3 is 2.57 bits per heavy atom. The number of hydrogen-bond acceptors (Lipinski definition) is 3. The van der Waals surface area contributed by atoms with Crippen LogP contribution in [0.3, 0.4) is 0 Å². The highest BCUT2D eigenvalue weighted by molar-refractivity contribution is 5.68. The molecule has 0 atom stereocenters. The van der Waals surface area contributed by atoms with Crippen molar-refractivity contribution in [3.63, 3.8) is 0 Å². The van der Waals surface area contributed by atoms with Gasteiger partial charge in [-0.25, -0.2) is 0 Å². The minimum atomic E-state index is -0.0359. The fraction of sp³-hybridized carbons (Fsp3) is 0.150. The summed E-state index contributed by atoms with van der Waals surface area (Å²) in [4.78, 5) is 4.22. The molecule has 1 heterocycles. The van der Waals surface area contributed by atoms with E-state index >= 15 is 0 Å². The van der Waals surface area contributed by atoms with Crippen molar-refractivity contribution in [2.24, 2.45) is 0 Å². The highest BCUT2D eigenvalue weighted by Crippen LogP contribution is 2.28. The van der Waals surface area contributed by atoms with Crippen LogP contribution in [-0.2, 0) is 13.2 Å². The predicted octanol–water partition coefficient (Wildman–Crippen LogP) is 4.13. The first kappa shape index (κ1) is 15.3. The van der Waals surface area contributed by atoms with Crippen molar-refractivity contribution in [3.8, 4) is 16.9 Å². The van der Waals surface area contributed by atoms with Crippen molar-refractivity contribution in [1.82, 2.24) is 4.98 Å². The topological polar surface area (TPSA) is 42.4 Å². The maximum Gasteiger partial charge on any atom is 0.120 e. The Balaban J connectivity index is 1.82. The molecule has 0 unspecified atom stereocenters. The summed E-state index contributed by atoms with van der Waals surface area (Å²) in [5, 5.41) is 9.68. The number of pyridine rings is 1. The quantitative estimate of drug-likeness (QED) is 0.770. The summed E-state index contributed by atoms with van der Waals surface area (Å²) >= 11 is 0. The molecule has 3 heteroatoms. The molecule has 0 saturated heterocycles. The summed E-state index contributed by atoms with van der Waals surface area (Å²) in [5.74, 6) is 0.752. The van der Waals surface area contributed by atoms with E-state index in [1.54, 1.807) is 0 Å². The second-order valence-corrected chi connectivity index (χ2v) is 5.50. The Morgan fingerprint density at radius 1 is 1.00 bits per heavy atom. The van der Waals surface area contributed by atoms with Gasteiger partial charge in [0.25, 0.3) is 0 Å². The van der Waals surface area contributed by atoms with Gasteiger partial charge in [0.2, 0.25) is 0 Å². The van der Waals surface area contributed by atoms with Crippen LogP contribution in [0.25, 0.3) is 11.1 Å². The standard InChI is InChI=1S/C20H19NO2/c1-15-9-17(12-21-11-15)20-8-7-19(10-18(20)13-22)23-14-16-5-3-2-4-6-16/h2-12,22H,13-14H2,1H3. The zero-order chi connectivity index (χ0) is 16.1. The van der Waals surface area contributed by atoms with E-state index in [1.807, 2.05) is 67.8 Å². The van der Waals surface area contributed by atoms with Crippen LogP contribution in [-0.4, -0.2) is 10.1 Å². The predicted molar refractivity (Wildman–Crippen MR) is 91.1 cm³/mol. The van der Waals surface area contributed by atoms with E-state index in [9.17, 15) is 5.11 Å². The highest BCUT2D eigenvalue weighted by Gasteiger charge is 2.07. The largest absolute Gasteiger partial charge is 0.489 e. The fourth-order valence-corrected chi connectivity index (χ4v) is 2.52. The lowest BCUT2D eigenvalue weighted by Gasteiger charge is -2.12. The van der Waals surface area contributed by atoms with Crippen molar-refractivity contribution >= 4 is 0 Å². The van der Waals surface area contributed by atoms with Gasteiger partial charge in [-0.1, -0.05) is 36.4 Å². The van der Waals surface area contributed by atoms with Crippen molar-refractivity contribution in [2.45, 2.75) is 20.1 Å². The van der Waals surface area contributed by atoms with Gasteiger partial charge in [-0.2, -0.15) is 0 Å². The van der Waals surface area contributed by atoms with Gasteiger partial charge in [-0.05, 0) is 47.4 Å². The normalized spacial score (nSPS) is 10.5. The zero-order valence-corrected chi connectivity index (χ0v) is 13.1. The van der Waals surface area contributed by atoms with Crippen molar-refractivity contribution in [3.05, 3.63) is 83.7 Å². The van der Waals surface area contributed by atoms with Crippen molar-refractivity contribution < 1.29 is 9.84 Å². The third-order valence-electron chi connectivity index (χ3n) is 3.68. The van der Waals surface area contributed by atoms with E-state index in [0.717, 1.165) is 33.6 Å². The van der Waals surface area contributed by atoms with Crippen LogP contribution in [0.1, 0.15) is 16.7 Å². The van der Waals surface area contributed by atoms with Gasteiger partial charge in [0.05, 0.1) is 6.61 Å². The first-order chi connectivity index (χ1) is 11.3. The number of aliphatic hydroxyl groups excluding tert-OH is 1. The van der Waals surface area contributed by atoms with Gasteiger partial charge in [-0.15, -0.1) is 0 Å². The van der Waals surface area contributed by atoms with Gasteiger partial charge in [0.1, 0.15) is 12.4 Å². The Bertz CT molecular complexity index is 785. The minimum Gasteiger partial charge on any atom is -0.489 e. The van der Waals surface area contributed by atoms with Crippen LogP contribution in [0.4, 0.5) is 0 Å². The lowest BCUT2D eigenvalue weighted by atomic mass is 10.0. The number of ether oxygens (including phenoxy) is 1. The second kappa shape index (κ2) is 7.07. The number of benzene rings is 2. The molecule has 0 saturated carbocycles. The van der Waals surface area contributed by atoms with Crippen LogP contribution < -0.4 is 4.74 Å². The average molecular weight is 305 g/mol. The Hall–Kier alpha value is -2.65. The minimum absolute atomic E-state index is 0.0359. The molecule has 0 aliphatic heterocycles. The van der Waals surface area contributed by atoms with Gasteiger partial charge in [-0.3, -0.25) is 4.98 Å². The van der Waals surface area contributed by atoms with E-state index in [4.69, 9.17) is 4.74 Å². The summed E-state index contributed by atoms with van der Waals surface area (Å²) in [6.45, 7) is 2.48. The molecule has 0 aliphatic rings. The number of hydrogen-bond donors (Lipinski definition) is 1. The molecule has 3 rings (SSSR count). The molecule has 0 spiro atoms. The molecule has 0 aliphatic carbocycles. The van der Waals surface area contributed by atoms with Gasteiger partial charge < -0.3 is 9.84 Å². The first-order valence-electron chi connectivity index (χ1n) is 7.59. The second-order valence-electron chi connectivity index (χ2n) is 5.50. The molecule has 0 fully saturated rings. The van der Waals surface area contributed by atoms with Crippen LogP contribution >= 0.6 is 0 Å². The van der Waals surface area contributed by atoms with Crippen molar-refractivity contribution in [2.75, 3.05) is 0 Å². The van der Waals surface area contributed by atoms with E-state index in [2.05, 4.69) is 11.1 Å². The molecule has 2 aromatic carbocycles. The van der Waals surface area contributed by atoms with Crippen LogP contribution in [0.5, 0.6) is 5.75 Å². The molecule has 0 amide bonds. The Kier molecular flexibility index (Phi) is 4.69. The monoisotopic (exact) mass is 305 g/mol. The van der Waals surface area contributed by atoms with E-state index in [1.165, 1.54) is 0 Å². The smallest absolute Gasteiger partial charge is 0.120 e. The number of aliphatic hydroxyl groups is 1. The third-order valence-corrected chi connectivity index (χ3v) is 3.68. The molecular formula is C20H19NO2. The number of nitrogens with zero attached hydrogens (tertiary/aromatic N) is 1. The average Bonchev–Trinajstić information content (AvgIpc) is 2.60. The molecule has 23 heavy (non-hydrogen) atoms. The first-order valence-corrected chi connectivity index (χ1v) is 7.59. The summed E-state index contributed by atoms with van der Waals surface area (Å²) in [6.07, 6.45) is 3.63. The zero-order valence-electron chi connectivity index (χ0n) is 13.1. The lowest BCUT2D eigenvalue weighted by molar-refractivity contribution is 0.278. The van der Waals surface area contributed by atoms with Gasteiger partial charge in [0, 0.05) is 18.0 Å². The number of aryl methyl sites for hydroxylation is 1. The molecule has 116 valence electrons. The van der Waals surface area contributed by atoms with Crippen LogP contribution in [0.2, 0.25) is 0 Å². The number of rotatable bonds is 5. The number of aromatic nitrogens is 1. The van der Waals surface area contributed by atoms with Crippen LogP contribution in [0, 0.1) is 6.92 Å². The fourth-order valence-electron chi connectivity index (χ4n) is 2.52. The molecule has 3 nitrogen and oxygen atoms in total. The van der Waals surface area contributed by atoms with Crippen LogP contribution in [0.15, 0.2) is 67.0 Å². The summed E-state index contributed by atoms with van der Waals surface area (Å²) < 4.78 is 5.82. The SMILES string of the molecule is Cc1cncc(-c2ccc(OCc3ccccc3)cc2CO)c1. The summed E-state index contributed by atoms with van der Waals surface area (Å²) in [5.41, 5.74) is 5.03. The maximum absolute atomic E-state index is 9.68. The van der Waals surface area contributed by atoms with Gasteiger partial charge in [0.15, 0.2) is 0 Å². The summed E-state index contributed by atoms with van der Waals surface area (Å²) in [7, 11) is 0. The molecule has 0 radical (unpaired) electrons. The Morgan fingerprint density at radius 2 is 1.83 bits per heavy atom. The third kappa shape index (κ3) is 3.76. The highest BCUT2D eigenvalue weighted by atomic mass is 16.5. The molecular weight excluding hydrogens is 286 g/mol. The van der Waals surface area contributed by atoms with Crippen molar-refractivity contribution in [1.29, 1.82) is 0 Å². The van der Waals surface area contributed by atoms with Gasteiger partial charge >= 0.3 is 0 Å². The Labute approximate surface area is 136 Å². The lowest BCUT2D eigenvalue weighted by Crippen LogP contribution is -1.97. The van der Waals surface area contributed by atoms with E-state index < -0.39 is 0 Å². The summed E-state index contributed by atoms with van der Waals surface area (Å²) in [6, 6.07) is 17.9. The maximum atomic E-state index is 9.68. The molecule has 1 N–H and O–H groups in total. The molecule has 1 aromatic heterocycles. The van der Waals surface area contributed by atoms with E-state index in [0.29, 0.717) is 6.61 Å². The van der Waals surface area contributed by atoms with E-state index in [-0.39, 0.29) is 6.61 Å². The molecule has 0 bridgehead atoms. The molecule has 3 aromatic rings.